The summed E-state index contributed by atoms with van der Waals surface area (Å²) in [5, 5.41) is 2.88. The minimum absolute atomic E-state index is 0.150. The molecule has 0 aliphatic carbocycles. The first kappa shape index (κ1) is 23.1. The highest BCUT2D eigenvalue weighted by Gasteiger charge is 2.21. The fraction of sp³-hybridized carbons (Fsp3) is 0.120. The van der Waals surface area contributed by atoms with Crippen LogP contribution < -0.4 is 14.4 Å². The zero-order valence-corrected chi connectivity index (χ0v) is 19.6. The summed E-state index contributed by atoms with van der Waals surface area (Å²) >= 11 is 0. The van der Waals surface area contributed by atoms with Crippen LogP contribution in [0.3, 0.4) is 0 Å². The molecular formula is C25H24N4O4S. The third-order valence-electron chi connectivity index (χ3n) is 5.40. The van der Waals surface area contributed by atoms with Gasteiger partial charge in [0.05, 0.1) is 24.0 Å². The van der Waals surface area contributed by atoms with E-state index < -0.39 is 10.0 Å². The molecule has 3 aromatic carbocycles. The van der Waals surface area contributed by atoms with Crippen molar-refractivity contribution in [2.75, 3.05) is 18.5 Å². The number of sulfonamides is 1. The third kappa shape index (κ3) is 4.94. The van der Waals surface area contributed by atoms with Gasteiger partial charge in [-0.1, -0.05) is 12.1 Å². The first-order chi connectivity index (χ1) is 16.4. The van der Waals surface area contributed by atoms with Gasteiger partial charge in [-0.3, -0.25) is 9.10 Å². The molecule has 1 aromatic heterocycles. The summed E-state index contributed by atoms with van der Waals surface area (Å²) in [7, 11) is -0.751. The molecule has 1 amide bonds. The summed E-state index contributed by atoms with van der Waals surface area (Å²) in [5.41, 5.74) is 2.83. The Labute approximate surface area is 198 Å². The standard InChI is InChI=1S/C25H24N4O4S/c1-28(34(31,32)24-13-11-23(33-2)12-14-24)21-9-5-20(6-10-21)25(30)27-17-19-3-7-22(8-4-19)29-16-15-26-18-29/h3-16,18H,17H2,1-2H3,(H,27,30). The molecule has 0 spiro atoms. The van der Waals surface area contributed by atoms with Crippen LogP contribution >= 0.6 is 0 Å². The number of carbonyl (C=O) groups excluding carboxylic acids is 1. The molecule has 0 saturated carbocycles. The predicted molar refractivity (Wildman–Crippen MR) is 130 cm³/mol. The highest BCUT2D eigenvalue weighted by Crippen LogP contribution is 2.24. The molecule has 0 atom stereocenters. The van der Waals surface area contributed by atoms with Crippen LogP contribution in [0.2, 0.25) is 0 Å². The number of hydrogen-bond donors (Lipinski definition) is 1. The van der Waals surface area contributed by atoms with Gasteiger partial charge in [-0.05, 0) is 66.2 Å². The number of nitrogens with zero attached hydrogens (tertiary/aromatic N) is 3. The molecule has 8 nitrogen and oxygen atoms in total. The number of carbonyl (C=O) groups is 1. The van der Waals surface area contributed by atoms with Crippen molar-refractivity contribution < 1.29 is 17.9 Å². The molecule has 0 radical (unpaired) electrons. The Balaban J connectivity index is 1.39. The minimum atomic E-state index is -3.74. The van der Waals surface area contributed by atoms with Crippen LogP contribution in [-0.4, -0.2) is 38.0 Å². The van der Waals surface area contributed by atoms with Gasteiger partial charge in [0.15, 0.2) is 0 Å². The lowest BCUT2D eigenvalue weighted by Crippen LogP contribution is -2.27. The number of nitrogens with one attached hydrogen (secondary N) is 1. The van der Waals surface area contributed by atoms with E-state index in [-0.39, 0.29) is 10.8 Å². The number of imidazole rings is 1. The van der Waals surface area contributed by atoms with Crippen LogP contribution in [-0.2, 0) is 16.6 Å². The number of anilines is 1. The summed E-state index contributed by atoms with van der Waals surface area (Å²) in [6.07, 6.45) is 5.30. The van der Waals surface area contributed by atoms with E-state index in [1.165, 1.54) is 30.6 Å². The number of hydrogen-bond acceptors (Lipinski definition) is 5. The zero-order valence-electron chi connectivity index (χ0n) is 18.8. The maximum atomic E-state index is 12.9. The average molecular weight is 477 g/mol. The van der Waals surface area contributed by atoms with Gasteiger partial charge >= 0.3 is 0 Å². The highest BCUT2D eigenvalue weighted by molar-refractivity contribution is 7.92. The molecule has 0 fully saturated rings. The molecule has 0 aliphatic heterocycles. The van der Waals surface area contributed by atoms with Crippen molar-refractivity contribution in [2.45, 2.75) is 11.4 Å². The number of aromatic nitrogens is 2. The maximum absolute atomic E-state index is 12.9. The first-order valence-corrected chi connectivity index (χ1v) is 11.9. The molecule has 174 valence electrons. The van der Waals surface area contributed by atoms with E-state index in [0.717, 1.165) is 11.3 Å². The van der Waals surface area contributed by atoms with Crippen LogP contribution in [0.1, 0.15) is 15.9 Å². The smallest absolute Gasteiger partial charge is 0.264 e. The lowest BCUT2D eigenvalue weighted by Gasteiger charge is -2.20. The lowest BCUT2D eigenvalue weighted by molar-refractivity contribution is 0.0951. The third-order valence-corrected chi connectivity index (χ3v) is 7.20. The van der Waals surface area contributed by atoms with Crippen molar-refractivity contribution in [3.63, 3.8) is 0 Å². The quantitative estimate of drug-likeness (QED) is 0.419. The average Bonchev–Trinajstić information content (AvgIpc) is 3.42. The van der Waals surface area contributed by atoms with Crippen LogP contribution in [0.4, 0.5) is 5.69 Å². The van der Waals surface area contributed by atoms with Gasteiger partial charge in [-0.25, -0.2) is 13.4 Å². The lowest BCUT2D eigenvalue weighted by atomic mass is 10.1. The van der Waals surface area contributed by atoms with E-state index in [0.29, 0.717) is 23.5 Å². The van der Waals surface area contributed by atoms with Crippen molar-refractivity contribution >= 4 is 21.6 Å². The van der Waals surface area contributed by atoms with Gasteiger partial charge < -0.3 is 14.6 Å². The van der Waals surface area contributed by atoms with Crippen molar-refractivity contribution in [2.24, 2.45) is 0 Å². The van der Waals surface area contributed by atoms with Crippen LogP contribution in [0.25, 0.3) is 5.69 Å². The van der Waals surface area contributed by atoms with Gasteiger partial charge in [-0.2, -0.15) is 0 Å². The number of ether oxygens (including phenoxy) is 1. The molecule has 9 heteroatoms. The normalized spacial score (nSPS) is 11.1. The van der Waals surface area contributed by atoms with E-state index in [1.54, 1.807) is 48.9 Å². The van der Waals surface area contributed by atoms with Crippen molar-refractivity contribution in [1.82, 2.24) is 14.9 Å². The van der Waals surface area contributed by atoms with Crippen molar-refractivity contribution in [3.05, 3.63) is 103 Å². The summed E-state index contributed by atoms with van der Waals surface area (Å²) in [6.45, 7) is 0.372. The van der Waals surface area contributed by atoms with Crippen molar-refractivity contribution in [1.29, 1.82) is 0 Å². The highest BCUT2D eigenvalue weighted by atomic mass is 32.2. The molecule has 0 unspecified atom stereocenters. The van der Waals surface area contributed by atoms with E-state index >= 15 is 0 Å². The first-order valence-electron chi connectivity index (χ1n) is 10.5. The Morgan fingerprint density at radius 2 is 1.68 bits per heavy atom. The summed E-state index contributed by atoms with van der Waals surface area (Å²) in [4.78, 5) is 16.7. The molecule has 34 heavy (non-hydrogen) atoms. The number of benzene rings is 3. The largest absolute Gasteiger partial charge is 0.497 e. The molecule has 0 aliphatic rings. The van der Waals surface area contributed by atoms with Gasteiger partial charge in [0.25, 0.3) is 15.9 Å². The van der Waals surface area contributed by atoms with Crippen LogP contribution in [0.5, 0.6) is 5.75 Å². The van der Waals surface area contributed by atoms with Gasteiger partial charge in [0.1, 0.15) is 5.75 Å². The van der Waals surface area contributed by atoms with Gasteiger partial charge in [0.2, 0.25) is 0 Å². The summed E-state index contributed by atoms with van der Waals surface area (Å²) in [5.74, 6) is 0.331. The molecule has 4 rings (SSSR count). The van der Waals surface area contributed by atoms with E-state index in [1.807, 2.05) is 35.0 Å². The second kappa shape index (κ2) is 9.80. The van der Waals surface area contributed by atoms with E-state index in [9.17, 15) is 13.2 Å². The fourth-order valence-corrected chi connectivity index (χ4v) is 4.55. The van der Waals surface area contributed by atoms with Crippen molar-refractivity contribution in [3.8, 4) is 11.4 Å². The molecular weight excluding hydrogens is 452 g/mol. The Bertz CT molecular complexity index is 1350. The number of methoxy groups -OCH3 is 1. The monoisotopic (exact) mass is 476 g/mol. The Morgan fingerprint density at radius 3 is 2.26 bits per heavy atom. The second-order valence-corrected chi connectivity index (χ2v) is 9.48. The minimum Gasteiger partial charge on any atom is -0.497 e. The summed E-state index contributed by atoms with van der Waals surface area (Å²) in [6, 6.07) is 20.4. The molecule has 0 saturated heterocycles. The summed E-state index contributed by atoms with van der Waals surface area (Å²) < 4.78 is 34.0. The molecule has 1 N–H and O–H groups in total. The molecule has 4 aromatic rings. The van der Waals surface area contributed by atoms with Crippen LogP contribution in [0.15, 0.2) is 96.4 Å². The Morgan fingerprint density at radius 1 is 1.00 bits per heavy atom. The predicted octanol–water partition coefficient (Wildman–Crippen LogP) is 3.64. The number of amides is 1. The molecule has 1 heterocycles. The Hall–Kier alpha value is -4.11. The maximum Gasteiger partial charge on any atom is 0.264 e. The van der Waals surface area contributed by atoms with Gasteiger partial charge in [-0.15, -0.1) is 0 Å². The molecule has 0 bridgehead atoms. The number of rotatable bonds is 8. The van der Waals surface area contributed by atoms with E-state index in [4.69, 9.17) is 4.74 Å². The van der Waals surface area contributed by atoms with E-state index in [2.05, 4.69) is 10.3 Å². The fourth-order valence-electron chi connectivity index (χ4n) is 3.35. The SMILES string of the molecule is COc1ccc(S(=O)(=O)N(C)c2ccc(C(=O)NCc3ccc(-n4ccnc4)cc3)cc2)cc1. The van der Waals surface area contributed by atoms with Crippen LogP contribution in [0, 0.1) is 0 Å². The topological polar surface area (TPSA) is 93.5 Å². The zero-order chi connectivity index (χ0) is 24.1. The second-order valence-electron chi connectivity index (χ2n) is 7.51. The Kier molecular flexibility index (Phi) is 6.65. The van der Waals surface area contributed by atoms with Gasteiger partial charge in [0, 0.05) is 37.2 Å².